The lowest BCUT2D eigenvalue weighted by atomic mass is 10.1. The van der Waals surface area contributed by atoms with Crippen LogP contribution in [0.2, 0.25) is 0 Å². The molecule has 2 N–H and O–H groups in total. The van der Waals surface area contributed by atoms with Crippen LogP contribution in [0.1, 0.15) is 35.8 Å². The average molecular weight is 374 g/mol. The van der Waals surface area contributed by atoms with Crippen molar-refractivity contribution in [2.24, 2.45) is 0 Å². The number of para-hydroxylation sites is 1. The molecule has 0 spiro atoms. The van der Waals surface area contributed by atoms with Crippen LogP contribution in [0.15, 0.2) is 42.5 Å². The number of carbonyl (C=O) groups excluding carboxylic acids is 2. The van der Waals surface area contributed by atoms with Crippen molar-refractivity contribution in [1.82, 2.24) is 10.6 Å². The summed E-state index contributed by atoms with van der Waals surface area (Å²) >= 11 is 0. The average Bonchev–Trinajstić information content (AvgIpc) is 2.66. The summed E-state index contributed by atoms with van der Waals surface area (Å²) in [6, 6.07) is 10.9. The number of benzene rings is 2. The van der Waals surface area contributed by atoms with Crippen LogP contribution in [0.25, 0.3) is 0 Å². The lowest BCUT2D eigenvalue weighted by molar-refractivity contribution is -0.120. The van der Waals surface area contributed by atoms with Crippen molar-refractivity contribution in [3.05, 3.63) is 59.4 Å². The first kappa shape index (κ1) is 20.2. The molecule has 1 unspecified atom stereocenters. The van der Waals surface area contributed by atoms with Crippen molar-refractivity contribution in [2.75, 3.05) is 20.3 Å². The fraction of sp³-hybridized carbons (Fsp3) is 0.300. The van der Waals surface area contributed by atoms with Gasteiger partial charge in [-0.1, -0.05) is 18.2 Å². The van der Waals surface area contributed by atoms with Crippen LogP contribution in [0.5, 0.6) is 11.5 Å². The Labute approximate surface area is 157 Å². The molecule has 0 fully saturated rings. The van der Waals surface area contributed by atoms with E-state index in [1.807, 2.05) is 6.92 Å². The normalized spacial score (nSPS) is 11.4. The Morgan fingerprint density at radius 2 is 1.89 bits per heavy atom. The maximum absolute atomic E-state index is 13.8. The number of methoxy groups -OCH3 is 1. The van der Waals surface area contributed by atoms with Crippen molar-refractivity contribution in [1.29, 1.82) is 0 Å². The molecule has 2 rings (SSSR count). The van der Waals surface area contributed by atoms with Gasteiger partial charge in [0.2, 0.25) is 5.91 Å². The van der Waals surface area contributed by atoms with Gasteiger partial charge in [-0.3, -0.25) is 9.59 Å². The third-order valence-electron chi connectivity index (χ3n) is 3.89. The molecule has 0 aliphatic heterocycles. The van der Waals surface area contributed by atoms with Gasteiger partial charge in [0.15, 0.2) is 11.6 Å². The molecule has 7 heteroatoms. The summed E-state index contributed by atoms with van der Waals surface area (Å²) < 4.78 is 24.1. The van der Waals surface area contributed by atoms with Gasteiger partial charge in [-0.2, -0.15) is 0 Å². The Kier molecular flexibility index (Phi) is 7.16. The Morgan fingerprint density at radius 1 is 1.15 bits per heavy atom. The van der Waals surface area contributed by atoms with Crippen LogP contribution in [0.4, 0.5) is 4.39 Å². The summed E-state index contributed by atoms with van der Waals surface area (Å²) in [6.45, 7) is 3.78. The number of nitrogens with one attached hydrogen (secondary N) is 2. The number of hydrogen-bond donors (Lipinski definition) is 2. The summed E-state index contributed by atoms with van der Waals surface area (Å²) in [7, 11) is 1.38. The molecule has 0 heterocycles. The number of rotatable bonds is 8. The van der Waals surface area contributed by atoms with Crippen LogP contribution in [-0.2, 0) is 4.79 Å². The fourth-order valence-electron chi connectivity index (χ4n) is 2.52. The van der Waals surface area contributed by atoms with E-state index in [2.05, 4.69) is 10.6 Å². The topological polar surface area (TPSA) is 76.7 Å². The first-order chi connectivity index (χ1) is 13.0. The number of halogens is 1. The molecule has 27 heavy (non-hydrogen) atoms. The molecular weight excluding hydrogens is 351 g/mol. The molecule has 0 aromatic heterocycles. The Balaban J connectivity index is 1.92. The maximum Gasteiger partial charge on any atom is 0.255 e. The van der Waals surface area contributed by atoms with E-state index in [-0.39, 0.29) is 18.2 Å². The van der Waals surface area contributed by atoms with Gasteiger partial charge in [0.25, 0.3) is 5.91 Å². The molecule has 1 atom stereocenters. The minimum Gasteiger partial charge on any atom is -0.494 e. The first-order valence-corrected chi connectivity index (χ1v) is 8.59. The van der Waals surface area contributed by atoms with E-state index in [1.54, 1.807) is 37.3 Å². The van der Waals surface area contributed by atoms with Crippen LogP contribution < -0.4 is 20.1 Å². The lowest BCUT2D eigenvalue weighted by Gasteiger charge is -2.16. The number of hydrogen-bond acceptors (Lipinski definition) is 4. The molecule has 2 aromatic carbocycles. The van der Waals surface area contributed by atoms with Gasteiger partial charge in [-0.25, -0.2) is 4.39 Å². The second kappa shape index (κ2) is 9.56. The molecule has 0 radical (unpaired) electrons. The van der Waals surface area contributed by atoms with Crippen molar-refractivity contribution in [3.8, 4) is 11.5 Å². The van der Waals surface area contributed by atoms with E-state index in [9.17, 15) is 14.0 Å². The highest BCUT2D eigenvalue weighted by Gasteiger charge is 2.15. The van der Waals surface area contributed by atoms with Crippen molar-refractivity contribution in [3.63, 3.8) is 0 Å². The highest BCUT2D eigenvalue weighted by atomic mass is 19.1. The number of amides is 2. The van der Waals surface area contributed by atoms with Gasteiger partial charge < -0.3 is 20.1 Å². The Morgan fingerprint density at radius 3 is 2.56 bits per heavy atom. The zero-order valence-corrected chi connectivity index (χ0v) is 15.5. The maximum atomic E-state index is 13.8. The highest BCUT2D eigenvalue weighted by molar-refractivity contribution is 5.98. The van der Waals surface area contributed by atoms with Gasteiger partial charge in [0.1, 0.15) is 5.75 Å². The zero-order valence-electron chi connectivity index (χ0n) is 15.5. The van der Waals surface area contributed by atoms with E-state index in [0.717, 1.165) is 0 Å². The SMILES string of the molecule is CCOc1ccccc1C(=O)NCC(=O)NC(C)c1ccc(OC)c(F)c1. The highest BCUT2D eigenvalue weighted by Crippen LogP contribution is 2.21. The van der Waals surface area contributed by atoms with Crippen LogP contribution in [0, 0.1) is 5.82 Å². The smallest absolute Gasteiger partial charge is 0.255 e. The monoisotopic (exact) mass is 374 g/mol. The van der Waals surface area contributed by atoms with E-state index < -0.39 is 17.8 Å². The van der Waals surface area contributed by atoms with Gasteiger partial charge in [-0.15, -0.1) is 0 Å². The largest absolute Gasteiger partial charge is 0.494 e. The molecule has 0 saturated heterocycles. The Hall–Kier alpha value is -3.09. The van der Waals surface area contributed by atoms with Crippen LogP contribution in [0.3, 0.4) is 0 Å². The lowest BCUT2D eigenvalue weighted by Crippen LogP contribution is -2.38. The third kappa shape index (κ3) is 5.44. The quantitative estimate of drug-likeness (QED) is 0.745. The van der Waals surface area contributed by atoms with Gasteiger partial charge in [-0.05, 0) is 43.7 Å². The van der Waals surface area contributed by atoms with E-state index in [0.29, 0.717) is 23.5 Å². The van der Waals surface area contributed by atoms with Crippen LogP contribution >= 0.6 is 0 Å². The molecule has 0 bridgehead atoms. The molecule has 2 amide bonds. The summed E-state index contributed by atoms with van der Waals surface area (Å²) in [4.78, 5) is 24.4. The number of ether oxygens (including phenoxy) is 2. The predicted octanol–water partition coefficient (Wildman–Crippen LogP) is 2.84. The molecule has 6 nitrogen and oxygen atoms in total. The minimum atomic E-state index is -0.503. The van der Waals surface area contributed by atoms with E-state index >= 15 is 0 Å². The molecule has 0 aliphatic carbocycles. The predicted molar refractivity (Wildman–Crippen MR) is 99.5 cm³/mol. The minimum absolute atomic E-state index is 0.137. The fourth-order valence-corrected chi connectivity index (χ4v) is 2.52. The zero-order chi connectivity index (χ0) is 19.8. The summed E-state index contributed by atoms with van der Waals surface area (Å²) in [5.74, 6) is -0.701. The second-order valence-corrected chi connectivity index (χ2v) is 5.80. The molecule has 0 saturated carbocycles. The molecular formula is C20H23FN2O4. The number of carbonyl (C=O) groups is 2. The standard InChI is InChI=1S/C20H23FN2O4/c1-4-27-17-8-6-5-7-15(17)20(25)22-12-19(24)23-13(2)14-9-10-18(26-3)16(21)11-14/h5-11,13H,4,12H2,1-3H3,(H,22,25)(H,23,24). The Bertz CT molecular complexity index is 810. The van der Waals surface area contributed by atoms with E-state index in [4.69, 9.17) is 9.47 Å². The van der Waals surface area contributed by atoms with E-state index in [1.165, 1.54) is 19.2 Å². The van der Waals surface area contributed by atoms with Crippen molar-refractivity contribution < 1.29 is 23.5 Å². The second-order valence-electron chi connectivity index (χ2n) is 5.80. The first-order valence-electron chi connectivity index (χ1n) is 8.59. The summed E-state index contributed by atoms with van der Waals surface area (Å²) in [5.41, 5.74) is 0.951. The van der Waals surface area contributed by atoms with Crippen LogP contribution in [-0.4, -0.2) is 32.1 Å². The van der Waals surface area contributed by atoms with Gasteiger partial charge in [0.05, 0.1) is 31.9 Å². The van der Waals surface area contributed by atoms with Gasteiger partial charge in [0, 0.05) is 0 Å². The summed E-state index contributed by atoms with van der Waals surface area (Å²) in [6.07, 6.45) is 0. The molecule has 2 aromatic rings. The van der Waals surface area contributed by atoms with Crippen molar-refractivity contribution >= 4 is 11.8 Å². The third-order valence-corrected chi connectivity index (χ3v) is 3.89. The van der Waals surface area contributed by atoms with Gasteiger partial charge >= 0.3 is 0 Å². The summed E-state index contributed by atoms with van der Waals surface area (Å²) in [5, 5.41) is 5.27. The van der Waals surface area contributed by atoms with Crippen molar-refractivity contribution in [2.45, 2.75) is 19.9 Å². The molecule has 144 valence electrons. The molecule has 0 aliphatic rings.